The van der Waals surface area contributed by atoms with Crippen molar-refractivity contribution in [1.82, 2.24) is 4.98 Å². The summed E-state index contributed by atoms with van der Waals surface area (Å²) in [5.74, 6) is -0.0714. The Morgan fingerprint density at radius 3 is 3.07 bits per heavy atom. The lowest BCUT2D eigenvalue weighted by molar-refractivity contribution is -0.147. The highest BCUT2D eigenvalue weighted by Gasteiger charge is 2.28. The molecule has 1 atom stereocenters. The van der Waals surface area contributed by atoms with E-state index in [0.717, 1.165) is 12.8 Å². The van der Waals surface area contributed by atoms with Crippen LogP contribution in [0, 0.1) is 5.92 Å². The molecule has 2 rings (SSSR count). The standard InChI is InChI=1S/C11H13NO2/c1-2-14-11(13)9-5-8-3-4-12-7-10(8)6-9/h3-4,7,9H,2,5-6H2,1H3/t9-/m1/s1. The first-order valence-corrected chi connectivity index (χ1v) is 4.89. The van der Waals surface area contributed by atoms with E-state index in [0.29, 0.717) is 6.61 Å². The van der Waals surface area contributed by atoms with Gasteiger partial charge in [0.05, 0.1) is 12.5 Å². The minimum absolute atomic E-state index is 0.00847. The molecule has 0 saturated heterocycles. The SMILES string of the molecule is CCOC(=O)[C@@H]1Cc2ccncc2C1. The summed E-state index contributed by atoms with van der Waals surface area (Å²) >= 11 is 0. The van der Waals surface area contributed by atoms with Crippen LogP contribution in [0.15, 0.2) is 18.5 Å². The van der Waals surface area contributed by atoms with Gasteiger partial charge >= 0.3 is 5.97 Å². The molecule has 0 aliphatic heterocycles. The average Bonchev–Trinajstić information content (AvgIpc) is 2.61. The van der Waals surface area contributed by atoms with Crippen molar-refractivity contribution in [2.24, 2.45) is 5.92 Å². The number of nitrogens with zero attached hydrogens (tertiary/aromatic N) is 1. The van der Waals surface area contributed by atoms with Gasteiger partial charge in [0, 0.05) is 12.4 Å². The Bertz CT molecular complexity index is 324. The van der Waals surface area contributed by atoms with Crippen molar-refractivity contribution < 1.29 is 9.53 Å². The van der Waals surface area contributed by atoms with Crippen LogP contribution in [0.4, 0.5) is 0 Å². The lowest BCUT2D eigenvalue weighted by Gasteiger charge is -2.06. The minimum Gasteiger partial charge on any atom is -0.466 e. The van der Waals surface area contributed by atoms with E-state index in [1.54, 1.807) is 6.20 Å². The van der Waals surface area contributed by atoms with Crippen molar-refractivity contribution in [2.75, 3.05) is 6.61 Å². The molecule has 0 aromatic carbocycles. The Labute approximate surface area is 83.1 Å². The quantitative estimate of drug-likeness (QED) is 0.662. The molecule has 1 aromatic rings. The summed E-state index contributed by atoms with van der Waals surface area (Å²) in [5, 5.41) is 0. The molecule has 0 unspecified atom stereocenters. The molecular weight excluding hydrogens is 178 g/mol. The third-order valence-electron chi connectivity index (χ3n) is 2.56. The third kappa shape index (κ3) is 1.62. The number of aromatic nitrogens is 1. The molecule has 1 aromatic heterocycles. The summed E-state index contributed by atoms with van der Waals surface area (Å²) in [6.45, 7) is 2.30. The van der Waals surface area contributed by atoms with E-state index >= 15 is 0 Å². The summed E-state index contributed by atoms with van der Waals surface area (Å²) in [5.41, 5.74) is 2.42. The molecule has 1 aliphatic rings. The van der Waals surface area contributed by atoms with Crippen molar-refractivity contribution in [3.05, 3.63) is 29.6 Å². The largest absolute Gasteiger partial charge is 0.466 e. The summed E-state index contributed by atoms with van der Waals surface area (Å²) in [4.78, 5) is 15.5. The second-order valence-corrected chi connectivity index (χ2v) is 3.50. The maximum absolute atomic E-state index is 11.5. The van der Waals surface area contributed by atoms with Crippen LogP contribution in [0.25, 0.3) is 0 Å². The zero-order valence-corrected chi connectivity index (χ0v) is 8.19. The van der Waals surface area contributed by atoms with Gasteiger partial charge in [0.2, 0.25) is 0 Å². The highest BCUT2D eigenvalue weighted by Crippen LogP contribution is 2.26. The highest BCUT2D eigenvalue weighted by molar-refractivity contribution is 5.74. The van der Waals surface area contributed by atoms with Crippen LogP contribution in [0.5, 0.6) is 0 Å². The summed E-state index contributed by atoms with van der Waals surface area (Å²) in [6, 6.07) is 1.98. The van der Waals surface area contributed by atoms with E-state index in [-0.39, 0.29) is 11.9 Å². The molecule has 0 fully saturated rings. The normalized spacial score (nSPS) is 19.1. The van der Waals surface area contributed by atoms with Crippen molar-refractivity contribution in [2.45, 2.75) is 19.8 Å². The van der Waals surface area contributed by atoms with Gasteiger partial charge in [-0.05, 0) is 37.0 Å². The minimum atomic E-state index is -0.0799. The fraction of sp³-hybridized carbons (Fsp3) is 0.455. The van der Waals surface area contributed by atoms with Crippen molar-refractivity contribution in [3.8, 4) is 0 Å². The number of carbonyl (C=O) groups is 1. The van der Waals surface area contributed by atoms with Crippen LogP contribution in [0.2, 0.25) is 0 Å². The van der Waals surface area contributed by atoms with E-state index in [1.807, 2.05) is 19.2 Å². The first kappa shape index (κ1) is 9.19. The van der Waals surface area contributed by atoms with Gasteiger partial charge in [-0.25, -0.2) is 0 Å². The molecule has 74 valence electrons. The molecule has 0 spiro atoms. The Morgan fingerprint density at radius 1 is 1.57 bits per heavy atom. The maximum Gasteiger partial charge on any atom is 0.309 e. The molecule has 0 radical (unpaired) electrons. The molecular formula is C11H13NO2. The fourth-order valence-electron chi connectivity index (χ4n) is 1.87. The van der Waals surface area contributed by atoms with Gasteiger partial charge in [0.25, 0.3) is 0 Å². The van der Waals surface area contributed by atoms with E-state index in [1.165, 1.54) is 11.1 Å². The molecule has 1 aliphatic carbocycles. The van der Waals surface area contributed by atoms with E-state index < -0.39 is 0 Å². The lowest BCUT2D eigenvalue weighted by Crippen LogP contribution is -2.17. The number of ether oxygens (including phenoxy) is 1. The zero-order valence-electron chi connectivity index (χ0n) is 8.19. The number of hydrogen-bond acceptors (Lipinski definition) is 3. The van der Waals surface area contributed by atoms with Crippen LogP contribution in [-0.2, 0) is 22.4 Å². The topological polar surface area (TPSA) is 39.2 Å². The van der Waals surface area contributed by atoms with E-state index in [2.05, 4.69) is 4.98 Å². The summed E-state index contributed by atoms with van der Waals surface area (Å²) in [7, 11) is 0. The second kappa shape index (κ2) is 3.78. The Kier molecular flexibility index (Phi) is 2.48. The van der Waals surface area contributed by atoms with Gasteiger partial charge in [0.15, 0.2) is 0 Å². The number of rotatable bonds is 2. The monoisotopic (exact) mass is 191 g/mol. The van der Waals surface area contributed by atoms with Crippen molar-refractivity contribution in [1.29, 1.82) is 0 Å². The Morgan fingerprint density at radius 2 is 2.36 bits per heavy atom. The molecule has 14 heavy (non-hydrogen) atoms. The molecule has 0 saturated carbocycles. The van der Waals surface area contributed by atoms with Crippen LogP contribution in [0.3, 0.4) is 0 Å². The molecule has 0 amide bonds. The molecule has 3 nitrogen and oxygen atoms in total. The first-order chi connectivity index (χ1) is 6.81. The number of hydrogen-bond donors (Lipinski definition) is 0. The fourth-order valence-corrected chi connectivity index (χ4v) is 1.87. The predicted molar refractivity (Wildman–Crippen MR) is 51.8 cm³/mol. The van der Waals surface area contributed by atoms with Crippen molar-refractivity contribution in [3.63, 3.8) is 0 Å². The number of pyridine rings is 1. The Balaban J connectivity index is 2.08. The number of fused-ring (bicyclic) bond motifs is 1. The molecule has 1 heterocycles. The predicted octanol–water partition coefficient (Wildman–Crippen LogP) is 1.36. The molecule has 3 heteroatoms. The zero-order chi connectivity index (χ0) is 9.97. The van der Waals surface area contributed by atoms with Gasteiger partial charge in [-0.2, -0.15) is 0 Å². The Hall–Kier alpha value is -1.38. The van der Waals surface area contributed by atoms with E-state index in [4.69, 9.17) is 4.74 Å². The lowest BCUT2D eigenvalue weighted by atomic mass is 10.1. The number of carbonyl (C=O) groups excluding carboxylic acids is 1. The van der Waals surface area contributed by atoms with Gasteiger partial charge < -0.3 is 4.74 Å². The van der Waals surface area contributed by atoms with E-state index in [9.17, 15) is 4.79 Å². The van der Waals surface area contributed by atoms with Gasteiger partial charge in [0.1, 0.15) is 0 Å². The summed E-state index contributed by atoms with van der Waals surface area (Å²) in [6.07, 6.45) is 5.19. The average molecular weight is 191 g/mol. The highest BCUT2D eigenvalue weighted by atomic mass is 16.5. The van der Waals surface area contributed by atoms with Crippen LogP contribution in [-0.4, -0.2) is 17.6 Å². The van der Waals surface area contributed by atoms with Crippen LogP contribution >= 0.6 is 0 Å². The van der Waals surface area contributed by atoms with Crippen LogP contribution in [0.1, 0.15) is 18.1 Å². The number of esters is 1. The molecule has 0 bridgehead atoms. The molecule has 0 N–H and O–H groups in total. The van der Waals surface area contributed by atoms with Gasteiger partial charge in [-0.15, -0.1) is 0 Å². The summed E-state index contributed by atoms with van der Waals surface area (Å²) < 4.78 is 5.00. The first-order valence-electron chi connectivity index (χ1n) is 4.89. The van der Waals surface area contributed by atoms with Gasteiger partial charge in [-0.1, -0.05) is 0 Å². The third-order valence-corrected chi connectivity index (χ3v) is 2.56. The maximum atomic E-state index is 11.5. The van der Waals surface area contributed by atoms with Crippen LogP contribution < -0.4 is 0 Å². The van der Waals surface area contributed by atoms with Gasteiger partial charge in [-0.3, -0.25) is 9.78 Å². The second-order valence-electron chi connectivity index (χ2n) is 3.50. The van der Waals surface area contributed by atoms with Crippen molar-refractivity contribution >= 4 is 5.97 Å². The smallest absolute Gasteiger partial charge is 0.309 e.